The molecule has 1 atom stereocenters. The number of aliphatic hydroxyl groups is 2. The molecule has 0 bridgehead atoms. The number of aliphatic hydroxyl groups excluding tert-OH is 2. The van der Waals surface area contributed by atoms with Crippen LogP contribution in [0.25, 0.3) is 0 Å². The molecular weight excluding hydrogens is 162 g/mol. The molecule has 0 amide bonds. The Labute approximate surface area is 71.5 Å². The first kappa shape index (κ1) is 13.8. The van der Waals surface area contributed by atoms with Crippen LogP contribution in [-0.2, 0) is 9.53 Å². The van der Waals surface area contributed by atoms with Crippen molar-refractivity contribution in [1.82, 2.24) is 0 Å². The topological polar surface area (TPSA) is 90.6 Å². The number of hydrogen-bond donors (Lipinski definition) is 3. The number of hydrogen-bond acceptors (Lipinski definition) is 5. The van der Waals surface area contributed by atoms with Crippen LogP contribution in [0.1, 0.15) is 13.3 Å². The van der Waals surface area contributed by atoms with E-state index in [0.29, 0.717) is 19.6 Å². The largest absolute Gasteiger partial charge is 0.394 e. The molecule has 0 rings (SSSR count). The molecular formula is C7H15NO4. The maximum absolute atomic E-state index is 8.88. The van der Waals surface area contributed by atoms with E-state index in [2.05, 4.69) is 0 Å². The van der Waals surface area contributed by atoms with Gasteiger partial charge in [0, 0.05) is 0 Å². The molecule has 5 heteroatoms. The minimum atomic E-state index is -0.378. The monoisotopic (exact) mass is 177 g/mol. The zero-order valence-corrected chi connectivity index (χ0v) is 7.12. The summed E-state index contributed by atoms with van der Waals surface area (Å²) in [4.78, 5) is 8.35. The van der Waals surface area contributed by atoms with Crippen molar-refractivity contribution < 1.29 is 19.7 Å². The van der Waals surface area contributed by atoms with Crippen LogP contribution in [0.4, 0.5) is 0 Å². The molecule has 0 saturated carbocycles. The summed E-state index contributed by atoms with van der Waals surface area (Å²) in [6.45, 7) is 2.55. The van der Waals surface area contributed by atoms with Gasteiger partial charge in [-0.15, -0.1) is 0 Å². The Bertz CT molecular complexity index is 112. The van der Waals surface area contributed by atoms with Crippen LogP contribution in [0.15, 0.2) is 0 Å². The summed E-state index contributed by atoms with van der Waals surface area (Å²) in [5, 5.41) is 22.5. The van der Waals surface area contributed by atoms with Crippen molar-refractivity contribution >= 4 is 6.08 Å². The molecule has 3 N–H and O–H groups in total. The minimum absolute atomic E-state index is 0.0242. The summed E-state index contributed by atoms with van der Waals surface area (Å²) in [6.07, 6.45) is 1.07. The third-order valence-corrected chi connectivity index (χ3v) is 1.02. The molecule has 0 aromatic carbocycles. The summed E-state index contributed by atoms with van der Waals surface area (Å²) in [5.41, 5.74) is 0. The molecule has 1 unspecified atom stereocenters. The van der Waals surface area contributed by atoms with Gasteiger partial charge in [-0.05, 0) is 6.42 Å². The summed E-state index contributed by atoms with van der Waals surface area (Å²) in [7, 11) is 0. The SMILES string of the molecule is CCC(O)COCCO.N=C=O. The zero-order chi connectivity index (χ0) is 9.82. The van der Waals surface area contributed by atoms with E-state index >= 15 is 0 Å². The van der Waals surface area contributed by atoms with E-state index in [0.717, 1.165) is 6.08 Å². The number of ether oxygens (including phenoxy) is 1. The Morgan fingerprint density at radius 3 is 2.50 bits per heavy atom. The first-order valence-corrected chi connectivity index (χ1v) is 3.63. The Balaban J connectivity index is 0. The summed E-state index contributed by atoms with van der Waals surface area (Å²) in [5.74, 6) is 0. The van der Waals surface area contributed by atoms with Gasteiger partial charge in [0.05, 0.1) is 25.9 Å². The number of nitrogens with one attached hydrogen (secondary N) is 1. The van der Waals surface area contributed by atoms with E-state index in [1.807, 2.05) is 6.92 Å². The minimum Gasteiger partial charge on any atom is -0.394 e. The second-order valence-electron chi connectivity index (χ2n) is 1.96. The highest BCUT2D eigenvalue weighted by Crippen LogP contribution is 1.89. The van der Waals surface area contributed by atoms with Gasteiger partial charge in [-0.3, -0.25) is 0 Å². The van der Waals surface area contributed by atoms with E-state index in [1.165, 1.54) is 0 Å². The lowest BCUT2D eigenvalue weighted by atomic mass is 10.3. The normalized spacial score (nSPS) is 10.9. The van der Waals surface area contributed by atoms with Gasteiger partial charge in [0.15, 0.2) is 0 Å². The summed E-state index contributed by atoms with van der Waals surface area (Å²) < 4.78 is 4.84. The maximum Gasteiger partial charge on any atom is 0.231 e. The Morgan fingerprint density at radius 1 is 1.67 bits per heavy atom. The van der Waals surface area contributed by atoms with Crippen molar-refractivity contribution in [3.8, 4) is 0 Å². The van der Waals surface area contributed by atoms with Gasteiger partial charge in [0.2, 0.25) is 6.08 Å². The fraction of sp³-hybridized carbons (Fsp3) is 0.857. The molecule has 0 radical (unpaired) electrons. The number of rotatable bonds is 5. The van der Waals surface area contributed by atoms with Gasteiger partial charge in [-0.25, -0.2) is 10.2 Å². The molecule has 0 fully saturated rings. The summed E-state index contributed by atoms with van der Waals surface area (Å²) in [6, 6.07) is 0. The van der Waals surface area contributed by atoms with Gasteiger partial charge >= 0.3 is 0 Å². The molecule has 0 aromatic rings. The predicted molar refractivity (Wildman–Crippen MR) is 42.6 cm³/mol. The van der Waals surface area contributed by atoms with Crippen LogP contribution in [0.2, 0.25) is 0 Å². The second-order valence-corrected chi connectivity index (χ2v) is 1.96. The lowest BCUT2D eigenvalue weighted by Gasteiger charge is -2.06. The molecule has 0 aliphatic rings. The highest BCUT2D eigenvalue weighted by Gasteiger charge is 1.97. The Kier molecular flexibility index (Phi) is 14.9. The zero-order valence-electron chi connectivity index (χ0n) is 7.12. The van der Waals surface area contributed by atoms with Crippen molar-refractivity contribution in [2.75, 3.05) is 19.8 Å². The quantitative estimate of drug-likeness (QED) is 0.304. The van der Waals surface area contributed by atoms with E-state index in [4.69, 9.17) is 25.2 Å². The van der Waals surface area contributed by atoms with Crippen molar-refractivity contribution in [2.24, 2.45) is 0 Å². The van der Waals surface area contributed by atoms with Gasteiger partial charge in [-0.1, -0.05) is 6.92 Å². The molecule has 5 nitrogen and oxygen atoms in total. The van der Waals surface area contributed by atoms with Crippen molar-refractivity contribution in [3.05, 3.63) is 0 Å². The van der Waals surface area contributed by atoms with Gasteiger partial charge in [0.25, 0.3) is 0 Å². The van der Waals surface area contributed by atoms with E-state index in [9.17, 15) is 0 Å². The molecule has 0 saturated heterocycles. The van der Waals surface area contributed by atoms with E-state index in [-0.39, 0.29) is 12.7 Å². The maximum atomic E-state index is 8.88. The Hall–Kier alpha value is -0.740. The molecule has 0 aliphatic carbocycles. The molecule has 0 aliphatic heterocycles. The van der Waals surface area contributed by atoms with Gasteiger partial charge in [0.1, 0.15) is 0 Å². The smallest absolute Gasteiger partial charge is 0.231 e. The van der Waals surface area contributed by atoms with E-state index in [1.54, 1.807) is 0 Å². The predicted octanol–water partition coefficient (Wildman–Crippen LogP) is -0.333. The number of carbonyl (C=O) groups excluding carboxylic acids is 1. The average molecular weight is 177 g/mol. The first-order chi connectivity index (χ1) is 5.72. The van der Waals surface area contributed by atoms with Crippen LogP contribution < -0.4 is 0 Å². The molecule has 0 heterocycles. The second kappa shape index (κ2) is 12.9. The lowest BCUT2D eigenvalue weighted by Crippen LogP contribution is -2.15. The summed E-state index contributed by atoms with van der Waals surface area (Å²) >= 11 is 0. The molecule has 12 heavy (non-hydrogen) atoms. The van der Waals surface area contributed by atoms with Crippen LogP contribution in [0, 0.1) is 5.41 Å². The fourth-order valence-electron chi connectivity index (χ4n) is 0.402. The Morgan fingerprint density at radius 2 is 2.17 bits per heavy atom. The van der Waals surface area contributed by atoms with E-state index < -0.39 is 0 Å². The standard InChI is InChI=1S/C6H14O3.CHNO/c1-2-6(8)5-9-4-3-7;2-1-3/h6-8H,2-5H2,1H3;2H. The lowest BCUT2D eigenvalue weighted by molar-refractivity contribution is 0.0201. The van der Waals surface area contributed by atoms with Crippen molar-refractivity contribution in [3.63, 3.8) is 0 Å². The first-order valence-electron chi connectivity index (χ1n) is 3.63. The number of isocyanates is 1. The van der Waals surface area contributed by atoms with Crippen LogP contribution in [0.3, 0.4) is 0 Å². The highest BCUT2D eigenvalue weighted by molar-refractivity contribution is 5.26. The average Bonchev–Trinajstić information content (AvgIpc) is 2.06. The molecule has 0 spiro atoms. The van der Waals surface area contributed by atoms with Gasteiger partial charge in [-0.2, -0.15) is 0 Å². The fourth-order valence-corrected chi connectivity index (χ4v) is 0.402. The van der Waals surface area contributed by atoms with Crippen molar-refractivity contribution in [2.45, 2.75) is 19.4 Å². The molecule has 0 aromatic heterocycles. The van der Waals surface area contributed by atoms with Crippen LogP contribution in [0.5, 0.6) is 0 Å². The van der Waals surface area contributed by atoms with Crippen LogP contribution in [-0.4, -0.2) is 42.2 Å². The van der Waals surface area contributed by atoms with Gasteiger partial charge < -0.3 is 14.9 Å². The van der Waals surface area contributed by atoms with Crippen LogP contribution >= 0.6 is 0 Å². The van der Waals surface area contributed by atoms with Crippen molar-refractivity contribution in [1.29, 1.82) is 5.41 Å². The third kappa shape index (κ3) is 16.1. The third-order valence-electron chi connectivity index (χ3n) is 1.02. The molecule has 72 valence electrons. The highest BCUT2D eigenvalue weighted by atomic mass is 16.5.